The predicted octanol–water partition coefficient (Wildman–Crippen LogP) is -0.793. The summed E-state index contributed by atoms with van der Waals surface area (Å²) in [5.41, 5.74) is 0. The fourth-order valence-corrected chi connectivity index (χ4v) is 3.19. The highest BCUT2D eigenvalue weighted by Crippen LogP contribution is 2.15. The Labute approximate surface area is 142 Å². The van der Waals surface area contributed by atoms with Crippen LogP contribution in [0.1, 0.15) is 6.92 Å². The lowest BCUT2D eigenvalue weighted by molar-refractivity contribution is -0.132. The Hall–Kier alpha value is -1.77. The number of nitrogens with zero attached hydrogens (tertiary/aromatic N) is 5. The number of carbonyl (C=O) groups excluding carboxylic acids is 1. The van der Waals surface area contributed by atoms with Gasteiger partial charge in [0.2, 0.25) is 11.9 Å². The molecule has 0 saturated carbocycles. The zero-order valence-corrected chi connectivity index (χ0v) is 14.0. The first-order chi connectivity index (χ1) is 11.7. The number of ether oxygens (including phenoxy) is 1. The quantitative estimate of drug-likeness (QED) is 0.755. The van der Waals surface area contributed by atoms with Crippen molar-refractivity contribution in [3.05, 3.63) is 18.5 Å². The van der Waals surface area contributed by atoms with Crippen LogP contribution in [0.3, 0.4) is 0 Å². The van der Waals surface area contributed by atoms with Gasteiger partial charge in [0, 0.05) is 58.3 Å². The average molecular weight is 335 g/mol. The molecular weight excluding hydrogens is 310 g/mol. The summed E-state index contributed by atoms with van der Waals surface area (Å²) in [5, 5.41) is 9.95. The molecule has 2 saturated heterocycles. The van der Waals surface area contributed by atoms with Crippen molar-refractivity contribution in [2.75, 3.05) is 57.3 Å². The smallest absolute Gasteiger partial charge is 0.236 e. The molecule has 1 amide bonds. The summed E-state index contributed by atoms with van der Waals surface area (Å²) in [7, 11) is 0. The Balaban J connectivity index is 1.45. The van der Waals surface area contributed by atoms with Crippen LogP contribution in [0, 0.1) is 0 Å². The molecule has 1 aromatic rings. The molecule has 8 nitrogen and oxygen atoms in total. The van der Waals surface area contributed by atoms with Gasteiger partial charge in [0.05, 0.1) is 12.6 Å². The van der Waals surface area contributed by atoms with Crippen LogP contribution in [0.4, 0.5) is 5.95 Å². The van der Waals surface area contributed by atoms with Crippen LogP contribution < -0.4 is 4.90 Å². The molecule has 132 valence electrons. The zero-order chi connectivity index (χ0) is 16.9. The van der Waals surface area contributed by atoms with Gasteiger partial charge in [-0.2, -0.15) is 0 Å². The molecule has 3 heterocycles. The van der Waals surface area contributed by atoms with Crippen molar-refractivity contribution in [2.45, 2.75) is 19.1 Å². The van der Waals surface area contributed by atoms with E-state index in [1.807, 2.05) is 6.92 Å². The van der Waals surface area contributed by atoms with E-state index in [0.717, 1.165) is 32.1 Å². The number of amides is 1. The molecular formula is C16H25N5O3. The Morgan fingerprint density at radius 3 is 2.62 bits per heavy atom. The van der Waals surface area contributed by atoms with Crippen molar-refractivity contribution < 1.29 is 14.6 Å². The van der Waals surface area contributed by atoms with E-state index in [0.29, 0.717) is 26.2 Å². The van der Waals surface area contributed by atoms with Crippen molar-refractivity contribution in [1.29, 1.82) is 0 Å². The van der Waals surface area contributed by atoms with Crippen LogP contribution in [-0.4, -0.2) is 95.4 Å². The van der Waals surface area contributed by atoms with Crippen LogP contribution in [-0.2, 0) is 9.53 Å². The number of carbonyl (C=O) groups is 1. The van der Waals surface area contributed by atoms with Gasteiger partial charge in [0.25, 0.3) is 0 Å². The van der Waals surface area contributed by atoms with Gasteiger partial charge in [-0.05, 0) is 13.0 Å². The fourth-order valence-electron chi connectivity index (χ4n) is 3.19. The first-order valence-electron chi connectivity index (χ1n) is 8.49. The number of rotatable bonds is 5. The molecule has 0 unspecified atom stereocenters. The van der Waals surface area contributed by atoms with Crippen molar-refractivity contribution >= 4 is 11.9 Å². The highest BCUT2D eigenvalue weighted by Gasteiger charge is 2.35. The van der Waals surface area contributed by atoms with Crippen molar-refractivity contribution in [2.24, 2.45) is 0 Å². The normalized spacial score (nSPS) is 25.2. The number of aromatic nitrogens is 2. The third-order valence-electron chi connectivity index (χ3n) is 4.54. The number of β-amino-alcohol motifs (C(OH)–C–C–N with tert-alkyl or cyclic N) is 1. The summed E-state index contributed by atoms with van der Waals surface area (Å²) in [5.74, 6) is 0.798. The number of anilines is 1. The minimum absolute atomic E-state index is 0.0562. The van der Waals surface area contributed by atoms with E-state index in [1.54, 1.807) is 23.4 Å². The predicted molar refractivity (Wildman–Crippen MR) is 88.7 cm³/mol. The van der Waals surface area contributed by atoms with Crippen LogP contribution in [0.15, 0.2) is 18.5 Å². The standard InChI is InChI=1S/C16H25N5O3/c1-2-24-14-11-21(10-13(14)22)15(23)12-19-6-8-20(9-7-19)16-17-4-3-5-18-16/h3-5,13-14,22H,2,6-12H2,1H3/t13-,14-/m0/s1. The van der Waals surface area contributed by atoms with E-state index >= 15 is 0 Å². The summed E-state index contributed by atoms with van der Waals surface area (Å²) in [4.78, 5) is 26.9. The molecule has 0 bridgehead atoms. The number of piperazine rings is 1. The summed E-state index contributed by atoms with van der Waals surface area (Å²) in [6.07, 6.45) is 2.64. The molecule has 1 aromatic heterocycles. The Morgan fingerprint density at radius 2 is 1.96 bits per heavy atom. The second-order valence-corrected chi connectivity index (χ2v) is 6.17. The molecule has 3 rings (SSSR count). The van der Waals surface area contributed by atoms with E-state index in [4.69, 9.17) is 4.74 Å². The SMILES string of the molecule is CCO[C@H]1CN(C(=O)CN2CCN(c3ncccn3)CC2)C[C@@H]1O. The molecule has 0 spiro atoms. The zero-order valence-electron chi connectivity index (χ0n) is 14.0. The molecule has 2 atom stereocenters. The van der Waals surface area contributed by atoms with Crippen molar-refractivity contribution in [3.8, 4) is 0 Å². The summed E-state index contributed by atoms with van der Waals surface area (Å²) < 4.78 is 5.47. The average Bonchev–Trinajstić information content (AvgIpc) is 2.98. The number of hydrogen-bond donors (Lipinski definition) is 1. The topological polar surface area (TPSA) is 82.0 Å². The molecule has 2 aliphatic heterocycles. The van der Waals surface area contributed by atoms with Gasteiger partial charge in [0.1, 0.15) is 6.10 Å². The third-order valence-corrected chi connectivity index (χ3v) is 4.54. The Morgan fingerprint density at radius 1 is 1.25 bits per heavy atom. The van der Waals surface area contributed by atoms with E-state index in [9.17, 15) is 9.90 Å². The Kier molecular flexibility index (Phi) is 5.60. The highest BCUT2D eigenvalue weighted by atomic mass is 16.5. The summed E-state index contributed by atoms with van der Waals surface area (Å²) in [6, 6.07) is 1.80. The number of likely N-dealkylation sites (tertiary alicyclic amines) is 1. The van der Waals surface area contributed by atoms with Crippen molar-refractivity contribution in [3.63, 3.8) is 0 Å². The van der Waals surface area contributed by atoms with Gasteiger partial charge in [0.15, 0.2) is 0 Å². The van der Waals surface area contributed by atoms with E-state index < -0.39 is 6.10 Å². The lowest BCUT2D eigenvalue weighted by Crippen LogP contribution is -2.50. The molecule has 0 radical (unpaired) electrons. The summed E-state index contributed by atoms with van der Waals surface area (Å²) in [6.45, 7) is 6.88. The van der Waals surface area contributed by atoms with Crippen LogP contribution in [0.2, 0.25) is 0 Å². The van der Waals surface area contributed by atoms with Gasteiger partial charge < -0.3 is 19.6 Å². The monoisotopic (exact) mass is 335 g/mol. The first-order valence-corrected chi connectivity index (χ1v) is 8.49. The Bertz CT molecular complexity index is 536. The van der Waals surface area contributed by atoms with Gasteiger partial charge in [-0.15, -0.1) is 0 Å². The van der Waals surface area contributed by atoms with E-state index in [-0.39, 0.29) is 12.0 Å². The van der Waals surface area contributed by atoms with E-state index in [2.05, 4.69) is 19.8 Å². The number of aliphatic hydroxyl groups is 1. The minimum Gasteiger partial charge on any atom is -0.388 e. The van der Waals surface area contributed by atoms with Gasteiger partial charge >= 0.3 is 0 Å². The maximum Gasteiger partial charge on any atom is 0.236 e. The largest absolute Gasteiger partial charge is 0.388 e. The van der Waals surface area contributed by atoms with Gasteiger partial charge in [-0.1, -0.05) is 0 Å². The third kappa shape index (κ3) is 4.00. The van der Waals surface area contributed by atoms with Gasteiger partial charge in [-0.25, -0.2) is 9.97 Å². The second kappa shape index (κ2) is 7.87. The fraction of sp³-hybridized carbons (Fsp3) is 0.688. The molecule has 2 aliphatic rings. The number of aliphatic hydroxyl groups excluding tert-OH is 1. The second-order valence-electron chi connectivity index (χ2n) is 6.17. The number of hydrogen-bond acceptors (Lipinski definition) is 7. The maximum atomic E-state index is 12.4. The summed E-state index contributed by atoms with van der Waals surface area (Å²) >= 11 is 0. The van der Waals surface area contributed by atoms with Crippen LogP contribution in [0.5, 0.6) is 0 Å². The molecule has 24 heavy (non-hydrogen) atoms. The molecule has 0 aliphatic carbocycles. The van der Waals surface area contributed by atoms with Crippen LogP contribution in [0.25, 0.3) is 0 Å². The minimum atomic E-state index is -0.582. The van der Waals surface area contributed by atoms with Gasteiger partial charge in [-0.3, -0.25) is 9.69 Å². The highest BCUT2D eigenvalue weighted by molar-refractivity contribution is 5.78. The maximum absolute atomic E-state index is 12.4. The van der Waals surface area contributed by atoms with E-state index in [1.165, 1.54) is 0 Å². The molecule has 8 heteroatoms. The lowest BCUT2D eigenvalue weighted by Gasteiger charge is -2.34. The molecule has 1 N–H and O–H groups in total. The van der Waals surface area contributed by atoms with Crippen molar-refractivity contribution in [1.82, 2.24) is 19.8 Å². The molecule has 2 fully saturated rings. The lowest BCUT2D eigenvalue weighted by atomic mass is 10.3. The first kappa shape index (κ1) is 17.1. The van der Waals surface area contributed by atoms with Crippen LogP contribution >= 0.6 is 0 Å². The molecule has 0 aromatic carbocycles.